The molecule has 1 aliphatic heterocycles. The average Bonchev–Trinajstić information content (AvgIpc) is 3.10. The first-order chi connectivity index (χ1) is 12.9. The highest BCUT2D eigenvalue weighted by Crippen LogP contribution is 2.36. The Kier molecular flexibility index (Phi) is 4.80. The summed E-state index contributed by atoms with van der Waals surface area (Å²) in [7, 11) is 0. The summed E-state index contributed by atoms with van der Waals surface area (Å²) >= 11 is 0. The molecule has 4 rings (SSSR count). The van der Waals surface area contributed by atoms with E-state index >= 15 is 0 Å². The van der Waals surface area contributed by atoms with Crippen molar-refractivity contribution in [2.24, 2.45) is 5.10 Å². The second kappa shape index (κ2) is 7.54. The number of hydrogen-bond acceptors (Lipinski definition) is 3. The van der Waals surface area contributed by atoms with E-state index in [1.807, 2.05) is 12.1 Å². The zero-order chi connectivity index (χ0) is 17.8. The van der Waals surface area contributed by atoms with Gasteiger partial charge in [0.1, 0.15) is 0 Å². The lowest BCUT2D eigenvalue weighted by molar-refractivity contribution is 0.544. The van der Waals surface area contributed by atoms with Crippen LogP contribution >= 0.6 is 0 Å². The number of hydrogen-bond donors (Lipinski definition) is 1. The highest BCUT2D eigenvalue weighted by molar-refractivity contribution is 6.07. The van der Waals surface area contributed by atoms with Crippen LogP contribution in [-0.2, 0) is 0 Å². The zero-order valence-corrected chi connectivity index (χ0v) is 14.9. The van der Waals surface area contributed by atoms with Gasteiger partial charge < -0.3 is 5.32 Å². The molecule has 26 heavy (non-hydrogen) atoms. The number of hydrazone groups is 1. The normalized spacial score (nSPS) is 19.4. The lowest BCUT2D eigenvalue weighted by atomic mass is 9.93. The van der Waals surface area contributed by atoms with Crippen molar-refractivity contribution in [3.05, 3.63) is 102 Å². The van der Waals surface area contributed by atoms with Gasteiger partial charge in [-0.05, 0) is 29.8 Å². The van der Waals surface area contributed by atoms with Gasteiger partial charge in [0.25, 0.3) is 0 Å². The van der Waals surface area contributed by atoms with Crippen molar-refractivity contribution in [1.82, 2.24) is 5.32 Å². The number of nitrogens with one attached hydrogen (secondary N) is 1. The third-order valence-corrected chi connectivity index (χ3v) is 4.74. The second-order valence-corrected chi connectivity index (χ2v) is 6.42. The molecule has 130 valence electrons. The maximum atomic E-state index is 5.07. The minimum Gasteiger partial charge on any atom is -0.307 e. The second-order valence-electron chi connectivity index (χ2n) is 6.42. The molecule has 0 spiro atoms. The summed E-state index contributed by atoms with van der Waals surface area (Å²) in [6.07, 6.45) is 0. The lowest BCUT2D eigenvalue weighted by Gasteiger charge is -2.29. The molecule has 0 radical (unpaired) electrons. The van der Waals surface area contributed by atoms with E-state index in [2.05, 4.69) is 96.1 Å². The summed E-state index contributed by atoms with van der Waals surface area (Å²) in [6, 6.07) is 31.8. The molecule has 0 bridgehead atoms. The molecule has 0 saturated carbocycles. The van der Waals surface area contributed by atoms with Crippen LogP contribution in [0.25, 0.3) is 0 Å². The Morgan fingerprint density at radius 1 is 0.808 bits per heavy atom. The summed E-state index contributed by atoms with van der Waals surface area (Å²) in [4.78, 5) is 0. The molecular formula is C23H23N3. The summed E-state index contributed by atoms with van der Waals surface area (Å²) < 4.78 is 0. The molecule has 0 aromatic heterocycles. The third kappa shape index (κ3) is 3.14. The number of benzene rings is 3. The lowest BCUT2D eigenvalue weighted by Crippen LogP contribution is -2.41. The Bertz CT molecular complexity index is 860. The van der Waals surface area contributed by atoms with Crippen molar-refractivity contribution < 1.29 is 0 Å². The van der Waals surface area contributed by atoms with Crippen LogP contribution in [0.15, 0.2) is 96.1 Å². The SMILES string of the molecule is CCNC1C(c2ccccc2)=NN(c2ccccc2)C1c1ccccc1. The Morgan fingerprint density at radius 3 is 2.00 bits per heavy atom. The van der Waals surface area contributed by atoms with E-state index in [1.54, 1.807) is 0 Å². The highest BCUT2D eigenvalue weighted by Gasteiger charge is 2.39. The number of para-hydroxylation sites is 1. The van der Waals surface area contributed by atoms with Gasteiger partial charge in [0.05, 0.1) is 23.5 Å². The van der Waals surface area contributed by atoms with Crippen molar-refractivity contribution in [2.75, 3.05) is 11.6 Å². The topological polar surface area (TPSA) is 27.6 Å². The summed E-state index contributed by atoms with van der Waals surface area (Å²) in [6.45, 7) is 3.04. The van der Waals surface area contributed by atoms with Gasteiger partial charge in [-0.3, -0.25) is 5.01 Å². The predicted molar refractivity (Wildman–Crippen MR) is 109 cm³/mol. The number of nitrogens with zero attached hydrogens (tertiary/aromatic N) is 2. The van der Waals surface area contributed by atoms with Crippen LogP contribution in [0.2, 0.25) is 0 Å². The molecule has 1 aliphatic rings. The van der Waals surface area contributed by atoms with Crippen LogP contribution in [-0.4, -0.2) is 18.3 Å². The Balaban J connectivity index is 1.84. The molecule has 3 aromatic carbocycles. The van der Waals surface area contributed by atoms with Crippen LogP contribution in [0.5, 0.6) is 0 Å². The van der Waals surface area contributed by atoms with Crippen LogP contribution in [0.3, 0.4) is 0 Å². The minimum atomic E-state index is 0.119. The number of rotatable bonds is 5. The van der Waals surface area contributed by atoms with E-state index in [4.69, 9.17) is 5.10 Å². The molecule has 1 heterocycles. The summed E-state index contributed by atoms with van der Waals surface area (Å²) in [5, 5.41) is 10.9. The summed E-state index contributed by atoms with van der Waals surface area (Å²) in [5.74, 6) is 0. The monoisotopic (exact) mass is 341 g/mol. The number of likely N-dealkylation sites (N-methyl/N-ethyl adjacent to an activating group) is 1. The van der Waals surface area contributed by atoms with Gasteiger partial charge >= 0.3 is 0 Å². The Hall–Kier alpha value is -2.91. The smallest absolute Gasteiger partial charge is 0.0986 e. The van der Waals surface area contributed by atoms with Crippen LogP contribution < -0.4 is 10.3 Å². The first-order valence-electron chi connectivity index (χ1n) is 9.15. The van der Waals surface area contributed by atoms with E-state index in [0.29, 0.717) is 0 Å². The molecular weight excluding hydrogens is 318 g/mol. The van der Waals surface area contributed by atoms with Crippen molar-refractivity contribution in [2.45, 2.75) is 19.0 Å². The van der Waals surface area contributed by atoms with E-state index in [9.17, 15) is 0 Å². The molecule has 1 N–H and O–H groups in total. The molecule has 2 unspecified atom stereocenters. The molecule has 0 fully saturated rings. The molecule has 0 saturated heterocycles. The van der Waals surface area contributed by atoms with Crippen molar-refractivity contribution >= 4 is 11.4 Å². The minimum absolute atomic E-state index is 0.119. The molecule has 3 heteroatoms. The maximum absolute atomic E-state index is 5.07. The van der Waals surface area contributed by atoms with Crippen LogP contribution in [0.4, 0.5) is 5.69 Å². The van der Waals surface area contributed by atoms with Crippen molar-refractivity contribution in [3.63, 3.8) is 0 Å². The predicted octanol–water partition coefficient (Wildman–Crippen LogP) is 4.63. The van der Waals surface area contributed by atoms with Gasteiger partial charge in [-0.25, -0.2) is 0 Å². The van der Waals surface area contributed by atoms with E-state index < -0.39 is 0 Å². The Morgan fingerprint density at radius 2 is 1.38 bits per heavy atom. The van der Waals surface area contributed by atoms with E-state index in [0.717, 1.165) is 23.5 Å². The fraction of sp³-hybridized carbons (Fsp3) is 0.174. The van der Waals surface area contributed by atoms with Gasteiger partial charge in [-0.2, -0.15) is 5.10 Å². The van der Waals surface area contributed by atoms with Gasteiger partial charge in [0.15, 0.2) is 0 Å². The standard InChI is InChI=1S/C23H23N3/c1-2-24-22-21(18-12-6-3-7-13-18)25-26(20-16-10-5-11-17-20)23(22)19-14-8-4-9-15-19/h3-17,22-24H,2H2,1H3. The van der Waals surface area contributed by atoms with Gasteiger partial charge in [0.2, 0.25) is 0 Å². The molecule has 0 amide bonds. The average molecular weight is 341 g/mol. The molecule has 3 nitrogen and oxygen atoms in total. The molecule has 3 aromatic rings. The van der Waals surface area contributed by atoms with Gasteiger partial charge in [-0.1, -0.05) is 85.8 Å². The quantitative estimate of drug-likeness (QED) is 0.733. The van der Waals surface area contributed by atoms with Crippen molar-refractivity contribution in [3.8, 4) is 0 Å². The largest absolute Gasteiger partial charge is 0.307 e. The fourth-order valence-electron chi connectivity index (χ4n) is 3.59. The maximum Gasteiger partial charge on any atom is 0.0986 e. The van der Waals surface area contributed by atoms with Crippen LogP contribution in [0.1, 0.15) is 24.1 Å². The first-order valence-corrected chi connectivity index (χ1v) is 9.15. The van der Waals surface area contributed by atoms with E-state index in [-0.39, 0.29) is 12.1 Å². The van der Waals surface area contributed by atoms with Crippen molar-refractivity contribution in [1.29, 1.82) is 0 Å². The Labute approximate surface area is 155 Å². The third-order valence-electron chi connectivity index (χ3n) is 4.74. The first kappa shape index (κ1) is 16.6. The number of anilines is 1. The van der Waals surface area contributed by atoms with Gasteiger partial charge in [0, 0.05) is 0 Å². The molecule has 0 aliphatic carbocycles. The fourth-order valence-corrected chi connectivity index (χ4v) is 3.59. The highest BCUT2D eigenvalue weighted by atomic mass is 15.5. The van der Waals surface area contributed by atoms with E-state index in [1.165, 1.54) is 5.56 Å². The van der Waals surface area contributed by atoms with Gasteiger partial charge in [-0.15, -0.1) is 0 Å². The molecule has 2 atom stereocenters. The summed E-state index contributed by atoms with van der Waals surface area (Å²) in [5.41, 5.74) is 4.62. The van der Waals surface area contributed by atoms with Crippen LogP contribution in [0, 0.1) is 0 Å². The zero-order valence-electron chi connectivity index (χ0n) is 14.9.